The predicted molar refractivity (Wildman–Crippen MR) is 116 cm³/mol. The molecule has 0 bridgehead atoms. The second kappa shape index (κ2) is 10.9. The maximum atomic E-state index is 12.2. The number of amides is 1. The van der Waals surface area contributed by atoms with E-state index in [-0.39, 0.29) is 18.4 Å². The monoisotopic (exact) mass is 393 g/mol. The number of para-hydroxylation sites is 1. The molecule has 0 atom stereocenters. The van der Waals surface area contributed by atoms with Crippen molar-refractivity contribution in [2.24, 2.45) is 0 Å². The fourth-order valence-electron chi connectivity index (χ4n) is 2.70. The van der Waals surface area contributed by atoms with Crippen LogP contribution in [0.25, 0.3) is 6.08 Å². The van der Waals surface area contributed by atoms with Crippen molar-refractivity contribution in [2.45, 2.75) is 26.7 Å². The molecule has 152 valence electrons. The van der Waals surface area contributed by atoms with Gasteiger partial charge in [0.05, 0.1) is 0 Å². The number of carbonyl (C=O) groups is 2. The first-order valence-corrected chi connectivity index (χ1v) is 9.48. The standard InChI is InChI=1S/C24H27NO4/c1-5-15-28-20-12-9-19(10-13-20)11-14-23(27)29-16-22(26)25-24-18(4)7-6-8-21(24)17(2)3/h5-14,17H,1,15-16H2,2-4H3,(H,25,26)/b14-11+. The van der Waals surface area contributed by atoms with Crippen molar-refractivity contribution in [3.8, 4) is 5.75 Å². The lowest BCUT2D eigenvalue weighted by atomic mass is 9.98. The molecule has 0 radical (unpaired) electrons. The van der Waals surface area contributed by atoms with Gasteiger partial charge >= 0.3 is 5.97 Å². The molecule has 29 heavy (non-hydrogen) atoms. The third-order valence-electron chi connectivity index (χ3n) is 4.20. The number of hydrogen-bond donors (Lipinski definition) is 1. The van der Waals surface area contributed by atoms with Gasteiger partial charge in [0.15, 0.2) is 6.61 Å². The van der Waals surface area contributed by atoms with Gasteiger partial charge in [0.1, 0.15) is 12.4 Å². The van der Waals surface area contributed by atoms with Crippen molar-refractivity contribution in [3.05, 3.63) is 77.9 Å². The van der Waals surface area contributed by atoms with E-state index in [2.05, 4.69) is 25.7 Å². The summed E-state index contributed by atoms with van der Waals surface area (Å²) in [5, 5.41) is 2.85. The fourth-order valence-corrected chi connectivity index (χ4v) is 2.70. The predicted octanol–water partition coefficient (Wildman–Crippen LogP) is 4.88. The number of anilines is 1. The Morgan fingerprint density at radius 1 is 1.14 bits per heavy atom. The Morgan fingerprint density at radius 2 is 1.86 bits per heavy atom. The Labute approximate surface area is 172 Å². The number of carbonyl (C=O) groups excluding carboxylic acids is 2. The van der Waals surface area contributed by atoms with Crippen molar-refractivity contribution in [1.29, 1.82) is 0 Å². The van der Waals surface area contributed by atoms with E-state index in [9.17, 15) is 9.59 Å². The molecule has 0 unspecified atom stereocenters. The third-order valence-corrected chi connectivity index (χ3v) is 4.20. The number of esters is 1. The van der Waals surface area contributed by atoms with Crippen LogP contribution in [0.1, 0.15) is 36.5 Å². The zero-order chi connectivity index (χ0) is 21.2. The number of ether oxygens (including phenoxy) is 2. The van der Waals surface area contributed by atoms with E-state index in [0.29, 0.717) is 6.61 Å². The van der Waals surface area contributed by atoms with Crippen LogP contribution in [0, 0.1) is 6.92 Å². The number of benzene rings is 2. The average Bonchev–Trinajstić information content (AvgIpc) is 2.71. The SMILES string of the molecule is C=CCOc1ccc(/C=C/C(=O)OCC(=O)Nc2c(C)cccc2C(C)C)cc1. The van der Waals surface area contributed by atoms with Crippen molar-refractivity contribution in [1.82, 2.24) is 0 Å². The minimum atomic E-state index is -0.582. The molecule has 5 nitrogen and oxygen atoms in total. The maximum Gasteiger partial charge on any atom is 0.331 e. The van der Waals surface area contributed by atoms with Gasteiger partial charge in [-0.05, 0) is 47.7 Å². The maximum absolute atomic E-state index is 12.2. The van der Waals surface area contributed by atoms with Crippen LogP contribution < -0.4 is 10.1 Å². The van der Waals surface area contributed by atoms with Crippen LogP contribution in [0.4, 0.5) is 5.69 Å². The van der Waals surface area contributed by atoms with Crippen LogP contribution in [-0.2, 0) is 14.3 Å². The lowest BCUT2D eigenvalue weighted by Gasteiger charge is -2.16. The summed E-state index contributed by atoms with van der Waals surface area (Å²) >= 11 is 0. The zero-order valence-electron chi connectivity index (χ0n) is 17.1. The molecule has 0 aliphatic carbocycles. The van der Waals surface area contributed by atoms with Crippen molar-refractivity contribution in [2.75, 3.05) is 18.5 Å². The largest absolute Gasteiger partial charge is 0.490 e. The number of rotatable bonds is 9. The molecule has 0 saturated carbocycles. The Balaban J connectivity index is 1.87. The molecular formula is C24H27NO4. The highest BCUT2D eigenvalue weighted by Crippen LogP contribution is 2.27. The van der Waals surface area contributed by atoms with Crippen LogP contribution in [0.2, 0.25) is 0 Å². The fraction of sp³-hybridized carbons (Fsp3) is 0.250. The summed E-state index contributed by atoms with van der Waals surface area (Å²) in [4.78, 5) is 24.1. The smallest absolute Gasteiger partial charge is 0.331 e. The highest BCUT2D eigenvalue weighted by atomic mass is 16.5. The Hall–Kier alpha value is -3.34. The summed E-state index contributed by atoms with van der Waals surface area (Å²) in [6, 6.07) is 13.1. The molecule has 0 fully saturated rings. The van der Waals surface area contributed by atoms with E-state index in [1.165, 1.54) is 6.08 Å². The molecule has 0 saturated heterocycles. The molecule has 0 spiro atoms. The van der Waals surface area contributed by atoms with E-state index in [4.69, 9.17) is 9.47 Å². The minimum absolute atomic E-state index is 0.268. The summed E-state index contributed by atoms with van der Waals surface area (Å²) in [6.45, 7) is 9.75. The molecule has 0 aromatic heterocycles. The van der Waals surface area contributed by atoms with Gasteiger partial charge in [-0.15, -0.1) is 0 Å². The first kappa shape index (κ1) is 22.0. The van der Waals surface area contributed by atoms with Gasteiger partial charge in [-0.25, -0.2) is 4.79 Å². The molecule has 2 rings (SSSR count). The molecule has 2 aromatic rings. The Bertz CT molecular complexity index is 882. The Morgan fingerprint density at radius 3 is 2.52 bits per heavy atom. The Kier molecular flexibility index (Phi) is 8.22. The molecule has 5 heteroatoms. The van der Waals surface area contributed by atoms with Crippen molar-refractivity contribution in [3.63, 3.8) is 0 Å². The van der Waals surface area contributed by atoms with Gasteiger partial charge in [0, 0.05) is 11.8 Å². The van der Waals surface area contributed by atoms with Gasteiger partial charge in [-0.2, -0.15) is 0 Å². The van der Waals surface area contributed by atoms with Gasteiger partial charge in [0.2, 0.25) is 0 Å². The van der Waals surface area contributed by atoms with Gasteiger partial charge in [-0.1, -0.05) is 56.8 Å². The topological polar surface area (TPSA) is 64.6 Å². The van der Waals surface area contributed by atoms with Crippen molar-refractivity contribution >= 4 is 23.6 Å². The second-order valence-electron chi connectivity index (χ2n) is 6.85. The van der Waals surface area contributed by atoms with Gasteiger partial charge in [-0.3, -0.25) is 4.79 Å². The third kappa shape index (κ3) is 6.96. The van der Waals surface area contributed by atoms with Crippen LogP contribution in [0.15, 0.2) is 61.2 Å². The van der Waals surface area contributed by atoms with Crippen molar-refractivity contribution < 1.29 is 19.1 Å². The highest BCUT2D eigenvalue weighted by Gasteiger charge is 2.13. The molecule has 0 aliphatic heterocycles. The van der Waals surface area contributed by atoms with Gasteiger partial charge < -0.3 is 14.8 Å². The number of nitrogens with one attached hydrogen (secondary N) is 1. The van der Waals surface area contributed by atoms with E-state index >= 15 is 0 Å². The summed E-state index contributed by atoms with van der Waals surface area (Å²) in [5.41, 5.74) is 3.61. The van der Waals surface area contributed by atoms with Crippen LogP contribution in [-0.4, -0.2) is 25.1 Å². The normalized spacial score (nSPS) is 10.8. The average molecular weight is 393 g/mol. The quantitative estimate of drug-likeness (QED) is 0.375. The summed E-state index contributed by atoms with van der Waals surface area (Å²) in [7, 11) is 0. The minimum Gasteiger partial charge on any atom is -0.490 e. The van der Waals surface area contributed by atoms with Crippen LogP contribution in [0.3, 0.4) is 0 Å². The highest BCUT2D eigenvalue weighted by molar-refractivity contribution is 5.95. The summed E-state index contributed by atoms with van der Waals surface area (Å²) < 4.78 is 10.4. The van der Waals surface area contributed by atoms with Crippen LogP contribution in [0.5, 0.6) is 5.75 Å². The molecule has 2 aromatic carbocycles. The molecule has 1 N–H and O–H groups in total. The first-order valence-electron chi connectivity index (χ1n) is 9.48. The molecule has 1 amide bonds. The lowest BCUT2D eigenvalue weighted by Crippen LogP contribution is -2.21. The zero-order valence-corrected chi connectivity index (χ0v) is 17.1. The van der Waals surface area contributed by atoms with E-state index in [1.54, 1.807) is 24.3 Å². The first-order chi connectivity index (χ1) is 13.9. The number of aryl methyl sites for hydroxylation is 1. The van der Waals surface area contributed by atoms with E-state index in [0.717, 1.165) is 28.1 Å². The van der Waals surface area contributed by atoms with E-state index < -0.39 is 5.97 Å². The lowest BCUT2D eigenvalue weighted by molar-refractivity contribution is -0.142. The summed E-state index contributed by atoms with van der Waals surface area (Å²) in [6.07, 6.45) is 4.58. The second-order valence-corrected chi connectivity index (χ2v) is 6.85. The molecular weight excluding hydrogens is 366 g/mol. The van der Waals surface area contributed by atoms with E-state index in [1.807, 2.05) is 37.3 Å². The van der Waals surface area contributed by atoms with Gasteiger partial charge in [0.25, 0.3) is 5.91 Å². The summed E-state index contributed by atoms with van der Waals surface area (Å²) in [5.74, 6) is 0.0372. The van der Waals surface area contributed by atoms with Crippen LogP contribution >= 0.6 is 0 Å². The molecule has 0 aliphatic rings. The molecule has 0 heterocycles. The number of hydrogen-bond acceptors (Lipinski definition) is 4.